The van der Waals surface area contributed by atoms with Crippen LogP contribution in [0.3, 0.4) is 0 Å². The van der Waals surface area contributed by atoms with Crippen LogP contribution in [0.2, 0.25) is 0 Å². The quantitative estimate of drug-likeness (QED) is 0.0870. The summed E-state index contributed by atoms with van der Waals surface area (Å²) in [6.45, 7) is 1.39. The molecule has 0 aliphatic carbocycles. The molecule has 0 saturated carbocycles. The second-order valence-electron chi connectivity index (χ2n) is 11.8. The van der Waals surface area contributed by atoms with Crippen LogP contribution in [0.1, 0.15) is 11.1 Å². The van der Waals surface area contributed by atoms with Gasteiger partial charge < -0.3 is 27.4 Å². The Morgan fingerprint density at radius 1 is 0.632 bits per heavy atom. The van der Waals surface area contributed by atoms with Crippen LogP contribution in [-0.4, -0.2) is 29.5 Å². The molecule has 282 valence electrons. The molecule has 5 aromatic heterocycles. The van der Waals surface area contributed by atoms with Crippen molar-refractivity contribution in [3.05, 3.63) is 143 Å². The van der Waals surface area contributed by atoms with Gasteiger partial charge >= 0.3 is 0 Å². The number of nitrogens with two attached hydrogens (primary N) is 2. The average molecular weight is 928 g/mol. The molecule has 0 saturated heterocycles. The Kier molecular flexibility index (Phi) is 15.5. The number of nitrogens with one attached hydrogen (secondary N) is 3. The van der Waals surface area contributed by atoms with Gasteiger partial charge in [0.25, 0.3) is 0 Å². The van der Waals surface area contributed by atoms with E-state index in [1.165, 1.54) is 11.1 Å². The minimum atomic E-state index is 0. The molecule has 12 nitrogen and oxygen atoms in total. The van der Waals surface area contributed by atoms with Crippen molar-refractivity contribution in [2.45, 2.75) is 13.1 Å². The molecule has 17 heteroatoms. The first-order valence-electron chi connectivity index (χ1n) is 16.9. The second-order valence-corrected chi connectivity index (χ2v) is 14.0. The number of rotatable bonds is 9. The fraction of sp³-hybridized carbons (Fsp3) is 0.0500. The summed E-state index contributed by atoms with van der Waals surface area (Å²) in [5.74, 6) is 3.03. The minimum absolute atomic E-state index is 0. The summed E-state index contributed by atoms with van der Waals surface area (Å²) in [6.07, 6.45) is 0. The first-order valence-corrected chi connectivity index (χ1v) is 19.5. The van der Waals surface area contributed by atoms with Crippen molar-refractivity contribution < 1.29 is 37.1 Å². The number of anilines is 6. The van der Waals surface area contributed by atoms with Crippen LogP contribution in [0.4, 0.5) is 34.9 Å². The zero-order valence-corrected chi connectivity index (χ0v) is 36.0. The Bertz CT molecular complexity index is 2720. The molecular weight excluding hydrogens is 894 g/mol. The van der Waals surface area contributed by atoms with E-state index in [-0.39, 0.29) is 37.1 Å². The Labute approximate surface area is 368 Å². The van der Waals surface area contributed by atoms with Crippen molar-refractivity contribution in [3.8, 4) is 10.9 Å². The van der Waals surface area contributed by atoms with Gasteiger partial charge in [0.2, 0.25) is 17.8 Å². The van der Waals surface area contributed by atoms with Crippen molar-refractivity contribution in [3.63, 3.8) is 0 Å². The van der Waals surface area contributed by atoms with Crippen LogP contribution < -0.4 is 27.4 Å². The SMILES string of the molecule is N#CBr.Nc1ccccc1Nc1nc(NCc2ccccc2)c2ccsc2n1.Nc1nc2ccccc2n1-c1nc(NCc2ccccc2)c2ccsc2n1.[V].[V]. The van der Waals surface area contributed by atoms with Gasteiger partial charge in [0.05, 0.1) is 33.2 Å². The van der Waals surface area contributed by atoms with E-state index in [1.807, 2.05) is 108 Å². The van der Waals surface area contributed by atoms with Gasteiger partial charge in [0, 0.05) is 66.1 Å². The number of aromatic nitrogens is 6. The molecule has 0 amide bonds. The second kappa shape index (κ2) is 20.7. The molecule has 0 aliphatic heterocycles. The molecule has 0 atom stereocenters. The maximum absolute atomic E-state index is 7.24. The van der Waals surface area contributed by atoms with E-state index in [4.69, 9.17) is 26.7 Å². The van der Waals surface area contributed by atoms with Crippen molar-refractivity contribution in [1.29, 1.82) is 5.26 Å². The van der Waals surface area contributed by atoms with Gasteiger partial charge in [0.1, 0.15) is 26.3 Å². The number of thiophene rings is 2. The number of imidazole rings is 1. The Morgan fingerprint density at radius 3 is 1.77 bits per heavy atom. The molecular formula is C40H33BrN12S2V2. The van der Waals surface area contributed by atoms with E-state index in [0.717, 1.165) is 48.8 Å². The Balaban J connectivity index is 0.000000198. The third kappa shape index (κ3) is 10.5. The molecule has 0 spiro atoms. The molecule has 0 aliphatic rings. The number of para-hydroxylation sites is 4. The molecule has 0 bridgehead atoms. The van der Waals surface area contributed by atoms with E-state index in [2.05, 4.69) is 71.1 Å². The zero-order chi connectivity index (χ0) is 38.0. The van der Waals surface area contributed by atoms with Gasteiger partial charge in [-0.05, 0) is 58.3 Å². The van der Waals surface area contributed by atoms with Crippen molar-refractivity contribution in [1.82, 2.24) is 29.5 Å². The monoisotopic (exact) mass is 926 g/mol. The fourth-order valence-corrected chi connectivity index (χ4v) is 7.20. The van der Waals surface area contributed by atoms with E-state index in [1.54, 1.807) is 32.2 Å². The number of hydrogen-bond acceptors (Lipinski definition) is 13. The van der Waals surface area contributed by atoms with Gasteiger partial charge in [-0.3, -0.25) is 0 Å². The summed E-state index contributed by atoms with van der Waals surface area (Å²) >= 11 is 5.62. The third-order valence-electron chi connectivity index (χ3n) is 8.24. The van der Waals surface area contributed by atoms with Crippen molar-refractivity contribution >= 4 is 105 Å². The van der Waals surface area contributed by atoms with Gasteiger partial charge in [-0.15, -0.1) is 22.7 Å². The number of benzene rings is 4. The van der Waals surface area contributed by atoms with Gasteiger partial charge in [0.15, 0.2) is 0 Å². The maximum atomic E-state index is 7.24. The van der Waals surface area contributed by atoms with Crippen molar-refractivity contribution in [2.24, 2.45) is 0 Å². The zero-order valence-electron chi connectivity index (χ0n) is 30.0. The molecule has 7 N–H and O–H groups in total. The molecule has 9 rings (SSSR count). The van der Waals surface area contributed by atoms with E-state index >= 15 is 0 Å². The standard InChI is InChI=1S/C20H16N6S.C19H17N5S.CBrN.2V/c21-19-23-15-8-4-5-9-16(15)26(19)20-24-17(14-10-11-27-18(14)25-20)22-12-13-6-2-1-3-7-13;20-15-8-4-5-9-16(15)22-19-23-17(14-10-11-25-18(14)24-19)21-12-13-6-2-1-3-7-13;2-1-3;;/h1-11H,12H2,(H2,21,23)(H,22,24,25);1-11H,12,20H2,(H2,21,22,23,24);;;. The summed E-state index contributed by atoms with van der Waals surface area (Å²) in [6, 6.07) is 39.9. The maximum Gasteiger partial charge on any atom is 0.240 e. The average Bonchev–Trinajstić information content (AvgIpc) is 3.97. The predicted octanol–water partition coefficient (Wildman–Crippen LogP) is 9.71. The number of hydrogen-bond donors (Lipinski definition) is 5. The van der Waals surface area contributed by atoms with Gasteiger partial charge in [-0.2, -0.15) is 15.2 Å². The third-order valence-corrected chi connectivity index (χ3v) is 9.85. The smallest absolute Gasteiger partial charge is 0.240 e. The van der Waals surface area contributed by atoms with E-state index in [0.29, 0.717) is 36.6 Å². The number of nitrogen functional groups attached to an aromatic ring is 2. The predicted molar refractivity (Wildman–Crippen MR) is 230 cm³/mol. The van der Waals surface area contributed by atoms with Crippen LogP contribution >= 0.6 is 38.6 Å². The van der Waals surface area contributed by atoms with E-state index in [9.17, 15) is 0 Å². The Hall–Kier alpha value is -5.43. The summed E-state index contributed by atoms with van der Waals surface area (Å²) in [4.78, 5) is 26.5. The molecule has 0 fully saturated rings. The summed E-state index contributed by atoms with van der Waals surface area (Å²) < 4.78 is 1.79. The van der Waals surface area contributed by atoms with E-state index < -0.39 is 0 Å². The molecule has 5 heterocycles. The van der Waals surface area contributed by atoms with Gasteiger partial charge in [-0.25, -0.2) is 19.5 Å². The van der Waals surface area contributed by atoms with Crippen LogP contribution in [0, 0.1) is 10.2 Å². The largest absolute Gasteiger partial charge is 0.397 e. The van der Waals surface area contributed by atoms with Crippen LogP contribution in [0.5, 0.6) is 0 Å². The first kappa shape index (κ1) is 42.7. The number of fused-ring (bicyclic) bond motifs is 3. The minimum Gasteiger partial charge on any atom is -0.397 e. The van der Waals surface area contributed by atoms with Gasteiger partial charge in [-0.1, -0.05) is 84.9 Å². The molecule has 2 radical (unpaired) electrons. The first-order chi connectivity index (χ1) is 27.0. The molecule has 57 heavy (non-hydrogen) atoms. The van der Waals surface area contributed by atoms with Crippen LogP contribution in [-0.2, 0) is 50.2 Å². The number of nitriles is 1. The molecule has 9 aromatic rings. The van der Waals surface area contributed by atoms with Crippen LogP contribution in [0.15, 0.2) is 132 Å². The summed E-state index contributed by atoms with van der Waals surface area (Å²) in [7, 11) is 0. The Morgan fingerprint density at radius 2 is 1.16 bits per heavy atom. The number of nitrogens with zero attached hydrogens (tertiary/aromatic N) is 7. The number of halogens is 1. The fourth-order valence-electron chi connectivity index (χ4n) is 5.67. The molecule has 0 unspecified atom stereocenters. The van der Waals surface area contributed by atoms with Crippen LogP contribution in [0.25, 0.3) is 37.4 Å². The topological polar surface area (TPSA) is 181 Å². The van der Waals surface area contributed by atoms with Crippen molar-refractivity contribution in [2.75, 3.05) is 27.4 Å². The normalized spacial score (nSPS) is 10.2. The summed E-state index contributed by atoms with van der Waals surface area (Å²) in [5, 5.41) is 23.4. The molecule has 4 aromatic carbocycles. The summed E-state index contributed by atoms with van der Waals surface area (Å²) in [5.41, 5.74) is 17.7.